The van der Waals surface area contributed by atoms with Gasteiger partial charge in [0.15, 0.2) is 0 Å². The van der Waals surface area contributed by atoms with Crippen molar-refractivity contribution >= 4 is 16.2 Å². The Labute approximate surface area is 144 Å². The monoisotopic (exact) mass is 344 g/mol. The second kappa shape index (κ2) is 6.77. The van der Waals surface area contributed by atoms with Crippen LogP contribution in [0, 0.1) is 13.8 Å². The van der Waals surface area contributed by atoms with Gasteiger partial charge in [-0.15, -0.1) is 0 Å². The molecule has 2 aromatic rings. The summed E-state index contributed by atoms with van der Waals surface area (Å²) in [5.74, 6) is 0. The van der Waals surface area contributed by atoms with Crippen LogP contribution >= 0.6 is 0 Å². The van der Waals surface area contributed by atoms with Gasteiger partial charge in [-0.05, 0) is 47.6 Å². The molecule has 0 aromatic heterocycles. The number of sulfonamides is 1. The van der Waals surface area contributed by atoms with Crippen LogP contribution < -0.4 is 4.83 Å². The highest BCUT2D eigenvalue weighted by Gasteiger charge is 2.21. The average molecular weight is 344 g/mol. The molecule has 0 amide bonds. The maximum Gasteiger partial charge on any atom is 0.276 e. The summed E-state index contributed by atoms with van der Waals surface area (Å²) in [6.07, 6.45) is 1.52. The van der Waals surface area contributed by atoms with Crippen LogP contribution in [0.4, 0.5) is 0 Å². The first kappa shape index (κ1) is 18.2. The van der Waals surface area contributed by atoms with E-state index in [1.54, 1.807) is 13.0 Å². The second-order valence-corrected chi connectivity index (χ2v) is 8.57. The highest BCUT2D eigenvalue weighted by atomic mass is 32.2. The van der Waals surface area contributed by atoms with Crippen LogP contribution in [0.2, 0.25) is 0 Å². The number of hydrogen-bond donors (Lipinski definition) is 1. The Morgan fingerprint density at radius 3 is 2.29 bits per heavy atom. The number of hydrogen-bond acceptors (Lipinski definition) is 3. The topological polar surface area (TPSA) is 58.5 Å². The molecule has 2 aromatic carbocycles. The number of benzene rings is 2. The number of nitrogens with one attached hydrogen (secondary N) is 1. The fourth-order valence-electron chi connectivity index (χ4n) is 2.30. The van der Waals surface area contributed by atoms with E-state index in [1.165, 1.54) is 6.21 Å². The summed E-state index contributed by atoms with van der Waals surface area (Å²) in [4.78, 5) is 2.57. The molecule has 0 bridgehead atoms. The molecule has 0 aliphatic rings. The van der Waals surface area contributed by atoms with Crippen molar-refractivity contribution in [3.63, 3.8) is 0 Å². The van der Waals surface area contributed by atoms with Gasteiger partial charge in [-0.3, -0.25) is 0 Å². The van der Waals surface area contributed by atoms with E-state index in [0.717, 1.165) is 16.7 Å². The van der Waals surface area contributed by atoms with Crippen molar-refractivity contribution in [2.24, 2.45) is 5.10 Å². The van der Waals surface area contributed by atoms with Crippen molar-refractivity contribution in [2.75, 3.05) is 0 Å². The predicted octanol–water partition coefficient (Wildman–Crippen LogP) is 3.91. The third kappa shape index (κ3) is 4.23. The van der Waals surface area contributed by atoms with Gasteiger partial charge in [-0.1, -0.05) is 57.2 Å². The van der Waals surface area contributed by atoms with Crippen LogP contribution in [0.5, 0.6) is 0 Å². The zero-order valence-corrected chi connectivity index (χ0v) is 15.6. The molecule has 0 radical (unpaired) electrons. The first-order chi connectivity index (χ1) is 11.1. The third-order valence-corrected chi connectivity index (χ3v) is 5.27. The van der Waals surface area contributed by atoms with Crippen molar-refractivity contribution in [1.82, 2.24) is 4.83 Å². The van der Waals surface area contributed by atoms with Crippen LogP contribution in [-0.2, 0) is 15.4 Å². The summed E-state index contributed by atoms with van der Waals surface area (Å²) in [7, 11) is -3.70. The van der Waals surface area contributed by atoms with E-state index in [4.69, 9.17) is 0 Å². The van der Waals surface area contributed by atoms with Gasteiger partial charge in [-0.2, -0.15) is 13.5 Å². The smallest absolute Gasteiger partial charge is 0.200 e. The van der Waals surface area contributed by atoms with E-state index in [-0.39, 0.29) is 10.3 Å². The summed E-state index contributed by atoms with van der Waals surface area (Å²) in [6.45, 7) is 9.90. The molecule has 2 rings (SSSR count). The molecule has 0 saturated carbocycles. The minimum atomic E-state index is -3.70. The zero-order chi connectivity index (χ0) is 18.0. The largest absolute Gasteiger partial charge is 0.276 e. The zero-order valence-electron chi connectivity index (χ0n) is 14.8. The fraction of sp³-hybridized carbons (Fsp3) is 0.316. The second-order valence-electron chi connectivity index (χ2n) is 6.94. The van der Waals surface area contributed by atoms with E-state index in [9.17, 15) is 8.42 Å². The number of aryl methyl sites for hydroxylation is 2. The summed E-state index contributed by atoms with van der Waals surface area (Å²) >= 11 is 0. The van der Waals surface area contributed by atoms with Crippen molar-refractivity contribution in [2.45, 2.75) is 44.9 Å². The van der Waals surface area contributed by atoms with Crippen LogP contribution in [0.1, 0.15) is 43.0 Å². The fourth-order valence-corrected chi connectivity index (χ4v) is 3.37. The molecule has 0 spiro atoms. The average Bonchev–Trinajstić information content (AvgIpc) is 2.48. The number of nitrogens with zero attached hydrogens (tertiary/aromatic N) is 1. The third-order valence-electron chi connectivity index (χ3n) is 3.91. The molecule has 0 aliphatic carbocycles. The van der Waals surface area contributed by atoms with Gasteiger partial charge in [0, 0.05) is 0 Å². The Hall–Kier alpha value is -2.14. The lowest BCUT2D eigenvalue weighted by Crippen LogP contribution is -2.21. The molecule has 0 fully saturated rings. The van der Waals surface area contributed by atoms with Crippen LogP contribution in [0.15, 0.2) is 52.5 Å². The molecule has 0 unspecified atom stereocenters. The molecule has 5 heteroatoms. The van der Waals surface area contributed by atoms with E-state index < -0.39 is 10.0 Å². The summed E-state index contributed by atoms with van der Waals surface area (Å²) < 4.78 is 25.2. The SMILES string of the molecule is Cc1ccccc1/C=N/NS(=O)(=O)c1cc(C(C)(C)C)ccc1C. The lowest BCUT2D eigenvalue weighted by atomic mass is 9.87. The van der Waals surface area contributed by atoms with Crippen molar-refractivity contribution in [3.05, 3.63) is 64.7 Å². The van der Waals surface area contributed by atoms with Crippen molar-refractivity contribution < 1.29 is 8.42 Å². The van der Waals surface area contributed by atoms with Crippen molar-refractivity contribution in [1.29, 1.82) is 0 Å². The molecule has 0 heterocycles. The van der Waals surface area contributed by atoms with E-state index >= 15 is 0 Å². The lowest BCUT2D eigenvalue weighted by molar-refractivity contribution is 0.577. The van der Waals surface area contributed by atoms with E-state index in [1.807, 2.05) is 43.3 Å². The van der Waals surface area contributed by atoms with Gasteiger partial charge < -0.3 is 0 Å². The number of hydrazone groups is 1. The van der Waals surface area contributed by atoms with Crippen LogP contribution in [0.3, 0.4) is 0 Å². The van der Waals surface area contributed by atoms with Gasteiger partial charge in [0.25, 0.3) is 10.0 Å². The Morgan fingerprint density at radius 2 is 1.67 bits per heavy atom. The molecular weight excluding hydrogens is 320 g/mol. The van der Waals surface area contributed by atoms with Crippen molar-refractivity contribution in [3.8, 4) is 0 Å². The first-order valence-electron chi connectivity index (χ1n) is 7.83. The normalized spacial score (nSPS) is 12.5. The molecule has 0 saturated heterocycles. The van der Waals surface area contributed by atoms with E-state index in [2.05, 4.69) is 30.7 Å². The Kier molecular flexibility index (Phi) is 5.13. The van der Waals surface area contributed by atoms with Gasteiger partial charge in [0.1, 0.15) is 0 Å². The Balaban J connectivity index is 2.29. The van der Waals surface area contributed by atoms with Crippen LogP contribution in [0.25, 0.3) is 0 Å². The summed E-state index contributed by atoms with van der Waals surface area (Å²) in [5, 5.41) is 3.92. The maximum absolute atomic E-state index is 12.6. The van der Waals surface area contributed by atoms with E-state index in [0.29, 0.717) is 5.56 Å². The molecule has 0 aliphatic heterocycles. The quantitative estimate of drug-likeness (QED) is 0.675. The highest BCUT2D eigenvalue weighted by Crippen LogP contribution is 2.26. The Bertz CT molecular complexity index is 863. The molecule has 4 nitrogen and oxygen atoms in total. The van der Waals surface area contributed by atoms with Gasteiger partial charge in [-0.25, -0.2) is 4.83 Å². The Morgan fingerprint density at radius 1 is 1.00 bits per heavy atom. The standard InChI is InChI=1S/C19H24N2O2S/c1-14-8-6-7-9-16(14)13-20-21-24(22,23)18-12-17(19(3,4)5)11-10-15(18)2/h6-13,21H,1-5H3/b20-13+. The lowest BCUT2D eigenvalue weighted by Gasteiger charge is -2.20. The summed E-state index contributed by atoms with van der Waals surface area (Å²) in [5.41, 5.74) is 3.45. The van der Waals surface area contributed by atoms with Gasteiger partial charge in [0.05, 0.1) is 11.1 Å². The molecule has 24 heavy (non-hydrogen) atoms. The molecule has 128 valence electrons. The summed E-state index contributed by atoms with van der Waals surface area (Å²) in [6, 6.07) is 13.2. The van der Waals surface area contributed by atoms with Gasteiger partial charge in [0.2, 0.25) is 0 Å². The molecule has 0 atom stereocenters. The minimum absolute atomic E-state index is 0.123. The predicted molar refractivity (Wildman–Crippen MR) is 99.0 cm³/mol. The maximum atomic E-state index is 12.6. The van der Waals surface area contributed by atoms with Crippen LogP contribution in [-0.4, -0.2) is 14.6 Å². The number of rotatable bonds is 4. The first-order valence-corrected chi connectivity index (χ1v) is 9.31. The molecule has 1 N–H and O–H groups in total. The van der Waals surface area contributed by atoms with Gasteiger partial charge >= 0.3 is 0 Å². The molecular formula is C19H24N2O2S. The minimum Gasteiger partial charge on any atom is -0.200 e. The highest BCUT2D eigenvalue weighted by molar-refractivity contribution is 7.89.